The van der Waals surface area contributed by atoms with E-state index < -0.39 is 0 Å². The molecule has 2 fully saturated rings. The molecule has 3 rings (SSSR count). The number of ether oxygens (including phenoxy) is 2. The lowest BCUT2D eigenvalue weighted by Crippen LogP contribution is -2.51. The highest BCUT2D eigenvalue weighted by molar-refractivity contribution is 6.30. The monoisotopic (exact) mass is 393 g/mol. The molecule has 2 aliphatic rings. The van der Waals surface area contributed by atoms with Gasteiger partial charge in [0.05, 0.1) is 7.11 Å². The first-order valence-electron chi connectivity index (χ1n) is 9.95. The summed E-state index contributed by atoms with van der Waals surface area (Å²) in [7, 11) is 3.60. The molecule has 0 atom stereocenters. The second-order valence-electron chi connectivity index (χ2n) is 7.81. The lowest BCUT2D eigenvalue weighted by molar-refractivity contribution is 0.0502. The van der Waals surface area contributed by atoms with E-state index in [1.165, 1.54) is 12.8 Å². The summed E-state index contributed by atoms with van der Waals surface area (Å²) in [6.45, 7) is 6.75. The Morgan fingerprint density at radius 2 is 2.04 bits per heavy atom. The summed E-state index contributed by atoms with van der Waals surface area (Å²) in [5.74, 6) is 2.69. The Bertz CT molecular complexity index is 651. The zero-order chi connectivity index (χ0) is 19.3. The maximum Gasteiger partial charge on any atom is 0.193 e. The van der Waals surface area contributed by atoms with E-state index in [1.807, 2.05) is 19.2 Å². The highest BCUT2D eigenvalue weighted by Crippen LogP contribution is 2.40. The molecule has 2 aliphatic heterocycles. The number of likely N-dealkylation sites (tertiary alicyclic amines) is 1. The van der Waals surface area contributed by atoms with Crippen molar-refractivity contribution in [3.05, 3.63) is 28.8 Å². The zero-order valence-electron chi connectivity index (χ0n) is 16.8. The molecule has 1 N–H and O–H groups in total. The van der Waals surface area contributed by atoms with Gasteiger partial charge in [-0.15, -0.1) is 0 Å². The topological polar surface area (TPSA) is 46.1 Å². The van der Waals surface area contributed by atoms with Crippen LogP contribution in [0.3, 0.4) is 0 Å². The molecule has 27 heavy (non-hydrogen) atoms. The molecule has 2 heterocycles. The van der Waals surface area contributed by atoms with Gasteiger partial charge in [-0.3, -0.25) is 4.99 Å². The van der Waals surface area contributed by atoms with Crippen LogP contribution >= 0.6 is 11.6 Å². The van der Waals surface area contributed by atoms with Crippen LogP contribution in [-0.2, 0) is 10.2 Å². The molecular weight excluding hydrogens is 362 g/mol. The average Bonchev–Trinajstić information content (AvgIpc) is 2.70. The maximum absolute atomic E-state index is 6.34. The number of hydrogen-bond donors (Lipinski definition) is 1. The number of methoxy groups -OCH3 is 1. The highest BCUT2D eigenvalue weighted by Gasteiger charge is 2.37. The van der Waals surface area contributed by atoms with Crippen molar-refractivity contribution in [1.82, 2.24) is 10.2 Å². The summed E-state index contributed by atoms with van der Waals surface area (Å²) in [5.41, 5.74) is 1.09. The minimum Gasteiger partial charge on any atom is -0.496 e. The van der Waals surface area contributed by atoms with Crippen molar-refractivity contribution in [2.45, 2.75) is 38.0 Å². The van der Waals surface area contributed by atoms with Gasteiger partial charge < -0.3 is 19.7 Å². The summed E-state index contributed by atoms with van der Waals surface area (Å²) < 4.78 is 11.3. The van der Waals surface area contributed by atoms with Crippen molar-refractivity contribution in [1.29, 1.82) is 0 Å². The van der Waals surface area contributed by atoms with Gasteiger partial charge in [-0.2, -0.15) is 0 Å². The van der Waals surface area contributed by atoms with Gasteiger partial charge in [0.25, 0.3) is 0 Å². The van der Waals surface area contributed by atoms with Gasteiger partial charge in [-0.05, 0) is 49.8 Å². The molecule has 0 amide bonds. The lowest BCUT2D eigenvalue weighted by Gasteiger charge is -2.40. The molecule has 0 unspecified atom stereocenters. The second-order valence-corrected chi connectivity index (χ2v) is 8.24. The molecule has 0 aliphatic carbocycles. The van der Waals surface area contributed by atoms with E-state index in [0.717, 1.165) is 73.9 Å². The molecule has 5 nitrogen and oxygen atoms in total. The number of rotatable bonds is 4. The van der Waals surface area contributed by atoms with E-state index in [-0.39, 0.29) is 5.41 Å². The Morgan fingerprint density at radius 3 is 2.67 bits per heavy atom. The number of nitrogens with one attached hydrogen (secondary N) is 1. The van der Waals surface area contributed by atoms with Crippen molar-refractivity contribution in [3.63, 3.8) is 0 Å². The second kappa shape index (κ2) is 9.16. The van der Waals surface area contributed by atoms with E-state index in [9.17, 15) is 0 Å². The fourth-order valence-corrected chi connectivity index (χ4v) is 4.37. The van der Waals surface area contributed by atoms with Crippen LogP contribution in [0.4, 0.5) is 0 Å². The fourth-order valence-electron chi connectivity index (χ4n) is 4.20. The number of benzene rings is 1. The molecule has 150 valence electrons. The first-order chi connectivity index (χ1) is 13.1. The van der Waals surface area contributed by atoms with Crippen molar-refractivity contribution < 1.29 is 9.47 Å². The molecule has 1 aromatic rings. The predicted molar refractivity (Wildman–Crippen MR) is 111 cm³/mol. The maximum atomic E-state index is 6.34. The summed E-state index contributed by atoms with van der Waals surface area (Å²) in [4.78, 5) is 6.93. The van der Waals surface area contributed by atoms with Crippen molar-refractivity contribution in [2.75, 3.05) is 47.0 Å². The van der Waals surface area contributed by atoms with Crippen LogP contribution in [-0.4, -0.2) is 57.9 Å². The van der Waals surface area contributed by atoms with Crippen molar-refractivity contribution in [3.8, 4) is 5.75 Å². The van der Waals surface area contributed by atoms with E-state index in [4.69, 9.17) is 21.1 Å². The quantitative estimate of drug-likeness (QED) is 0.625. The Labute approximate surface area is 168 Å². The van der Waals surface area contributed by atoms with Crippen LogP contribution in [0.1, 0.15) is 38.2 Å². The minimum absolute atomic E-state index is 0.0759. The molecule has 0 saturated carbocycles. The van der Waals surface area contributed by atoms with Crippen LogP contribution in [0.2, 0.25) is 5.02 Å². The van der Waals surface area contributed by atoms with Gasteiger partial charge in [0.15, 0.2) is 5.96 Å². The Morgan fingerprint density at radius 1 is 1.33 bits per heavy atom. The highest BCUT2D eigenvalue weighted by atomic mass is 35.5. The summed E-state index contributed by atoms with van der Waals surface area (Å²) in [6, 6.07) is 5.91. The van der Waals surface area contributed by atoms with E-state index in [2.05, 4.69) is 28.2 Å². The number of nitrogens with zero attached hydrogens (tertiary/aromatic N) is 2. The number of piperidine rings is 1. The SMILES string of the molecule is CN=C(NCC1(c2cc(Cl)ccc2OC)CCOCC1)N1CCC(C)CC1. The molecule has 0 radical (unpaired) electrons. The Balaban J connectivity index is 1.80. The molecule has 2 saturated heterocycles. The summed E-state index contributed by atoms with van der Waals surface area (Å²) in [5, 5.41) is 4.40. The molecule has 1 aromatic carbocycles. The normalized spacial score (nSPS) is 21.2. The van der Waals surface area contributed by atoms with E-state index >= 15 is 0 Å². The molecular formula is C21H32ClN3O2. The first-order valence-corrected chi connectivity index (χ1v) is 10.3. The summed E-state index contributed by atoms with van der Waals surface area (Å²) in [6.07, 6.45) is 4.32. The van der Waals surface area contributed by atoms with Gasteiger partial charge in [0.2, 0.25) is 0 Å². The number of guanidine groups is 1. The lowest BCUT2D eigenvalue weighted by atomic mass is 9.73. The van der Waals surface area contributed by atoms with Crippen LogP contribution in [0.15, 0.2) is 23.2 Å². The molecule has 0 bridgehead atoms. The summed E-state index contributed by atoms with van der Waals surface area (Å²) >= 11 is 6.34. The predicted octanol–water partition coefficient (Wildman–Crippen LogP) is 3.70. The molecule has 6 heteroatoms. The Kier molecular flexibility index (Phi) is 6.88. The third-order valence-corrected chi connectivity index (χ3v) is 6.30. The largest absolute Gasteiger partial charge is 0.496 e. The van der Waals surface area contributed by atoms with Crippen molar-refractivity contribution >= 4 is 17.6 Å². The van der Waals surface area contributed by atoms with E-state index in [0.29, 0.717) is 0 Å². The van der Waals surface area contributed by atoms with Gasteiger partial charge in [-0.25, -0.2) is 0 Å². The first kappa shape index (κ1) is 20.3. The minimum atomic E-state index is -0.0759. The average molecular weight is 394 g/mol. The number of hydrogen-bond acceptors (Lipinski definition) is 3. The Hall–Kier alpha value is -1.46. The van der Waals surface area contributed by atoms with Gasteiger partial charge in [0, 0.05) is 55.9 Å². The van der Waals surface area contributed by atoms with E-state index in [1.54, 1.807) is 7.11 Å². The van der Waals surface area contributed by atoms with Gasteiger partial charge in [0.1, 0.15) is 5.75 Å². The fraction of sp³-hybridized carbons (Fsp3) is 0.667. The van der Waals surface area contributed by atoms with Gasteiger partial charge >= 0.3 is 0 Å². The van der Waals surface area contributed by atoms with Crippen LogP contribution in [0.25, 0.3) is 0 Å². The van der Waals surface area contributed by atoms with Crippen LogP contribution < -0.4 is 10.1 Å². The smallest absolute Gasteiger partial charge is 0.193 e. The third-order valence-electron chi connectivity index (χ3n) is 6.06. The number of aliphatic imine (C=N–C) groups is 1. The zero-order valence-corrected chi connectivity index (χ0v) is 17.5. The number of halogens is 1. The standard InChI is InChI=1S/C21H32ClN3O2/c1-16-6-10-25(11-7-16)20(23-2)24-15-21(8-12-27-13-9-21)18-14-17(22)4-5-19(18)26-3/h4-5,14,16H,6-13,15H2,1-3H3,(H,23,24). The van der Waals surface area contributed by atoms with Gasteiger partial charge in [-0.1, -0.05) is 18.5 Å². The molecule has 0 aromatic heterocycles. The van der Waals surface area contributed by atoms with Crippen LogP contribution in [0, 0.1) is 5.92 Å². The van der Waals surface area contributed by atoms with Crippen molar-refractivity contribution in [2.24, 2.45) is 10.9 Å². The van der Waals surface area contributed by atoms with Crippen LogP contribution in [0.5, 0.6) is 5.75 Å². The third kappa shape index (κ3) is 4.69. The molecule has 0 spiro atoms.